The Morgan fingerprint density at radius 1 is 1.39 bits per heavy atom. The molecule has 1 heterocycles. The zero-order chi connectivity index (χ0) is 13.0. The summed E-state index contributed by atoms with van der Waals surface area (Å²) in [5, 5.41) is 3.30. The molecule has 1 aliphatic heterocycles. The van der Waals surface area contributed by atoms with Gasteiger partial charge in [-0.05, 0) is 49.9 Å². The highest BCUT2D eigenvalue weighted by atomic mass is 16.5. The van der Waals surface area contributed by atoms with Crippen molar-refractivity contribution < 1.29 is 9.53 Å². The minimum absolute atomic E-state index is 0.252. The Balaban J connectivity index is 2.15. The average Bonchev–Trinajstić information content (AvgIpc) is 2.40. The van der Waals surface area contributed by atoms with Gasteiger partial charge in [-0.2, -0.15) is 0 Å². The molecule has 0 radical (unpaired) electrons. The van der Waals surface area contributed by atoms with E-state index in [1.807, 2.05) is 24.3 Å². The van der Waals surface area contributed by atoms with Crippen molar-refractivity contribution in [1.29, 1.82) is 0 Å². The zero-order valence-electron chi connectivity index (χ0n) is 10.7. The summed E-state index contributed by atoms with van der Waals surface area (Å²) < 4.78 is 5.12. The number of methoxy groups -OCH3 is 1. The Bertz CT molecular complexity index is 408. The van der Waals surface area contributed by atoms with Gasteiger partial charge in [-0.3, -0.25) is 4.79 Å². The molecule has 1 aromatic rings. The molecular formula is C14H20N2O2. The van der Waals surface area contributed by atoms with Gasteiger partial charge >= 0.3 is 0 Å². The second-order valence-electron chi connectivity index (χ2n) is 4.86. The number of carbonyl (C=O) groups is 1. The summed E-state index contributed by atoms with van der Waals surface area (Å²) in [7, 11) is 1.64. The molecule has 98 valence electrons. The van der Waals surface area contributed by atoms with E-state index in [2.05, 4.69) is 5.32 Å². The quantitative estimate of drug-likeness (QED) is 0.842. The number of rotatable bonds is 4. The first-order chi connectivity index (χ1) is 8.66. The van der Waals surface area contributed by atoms with Gasteiger partial charge < -0.3 is 15.8 Å². The Hall–Kier alpha value is -1.55. The van der Waals surface area contributed by atoms with Crippen LogP contribution in [0, 0.1) is 0 Å². The molecule has 0 aromatic heterocycles. The molecule has 1 fully saturated rings. The number of nitrogens with one attached hydrogen (secondary N) is 1. The highest BCUT2D eigenvalue weighted by Crippen LogP contribution is 2.24. The van der Waals surface area contributed by atoms with E-state index in [1.165, 1.54) is 0 Å². The molecule has 1 amide bonds. The second-order valence-corrected chi connectivity index (χ2v) is 4.86. The van der Waals surface area contributed by atoms with E-state index in [4.69, 9.17) is 10.5 Å². The van der Waals surface area contributed by atoms with Crippen molar-refractivity contribution in [3.63, 3.8) is 0 Å². The van der Waals surface area contributed by atoms with E-state index in [9.17, 15) is 4.79 Å². The van der Waals surface area contributed by atoms with Crippen LogP contribution in [0.5, 0.6) is 5.75 Å². The van der Waals surface area contributed by atoms with Crippen molar-refractivity contribution in [2.24, 2.45) is 5.73 Å². The maximum Gasteiger partial charge on any atom is 0.238 e. The fraction of sp³-hybridized carbons (Fsp3) is 0.500. The van der Waals surface area contributed by atoms with Gasteiger partial charge in [-0.1, -0.05) is 12.1 Å². The lowest BCUT2D eigenvalue weighted by Gasteiger charge is -2.35. The molecule has 0 aliphatic carbocycles. The van der Waals surface area contributed by atoms with Crippen molar-refractivity contribution in [1.82, 2.24) is 5.32 Å². The third kappa shape index (κ3) is 2.64. The Morgan fingerprint density at radius 3 is 2.61 bits per heavy atom. The summed E-state index contributed by atoms with van der Waals surface area (Å²) in [4.78, 5) is 11.7. The second kappa shape index (κ2) is 5.40. The lowest BCUT2D eigenvalue weighted by molar-refractivity contribution is -0.125. The number of benzene rings is 1. The normalized spacial score (nSPS) is 23.6. The molecule has 2 rings (SSSR count). The molecule has 1 aromatic carbocycles. The van der Waals surface area contributed by atoms with Crippen LogP contribution >= 0.6 is 0 Å². The van der Waals surface area contributed by atoms with Gasteiger partial charge in [0.15, 0.2) is 0 Å². The van der Waals surface area contributed by atoms with Gasteiger partial charge in [0.25, 0.3) is 0 Å². The highest BCUT2D eigenvalue weighted by molar-refractivity contribution is 5.85. The van der Waals surface area contributed by atoms with Crippen molar-refractivity contribution in [2.45, 2.75) is 31.2 Å². The maximum atomic E-state index is 11.7. The fourth-order valence-electron chi connectivity index (χ4n) is 2.51. The summed E-state index contributed by atoms with van der Waals surface area (Å²) >= 11 is 0. The molecule has 4 heteroatoms. The van der Waals surface area contributed by atoms with Gasteiger partial charge in [0.05, 0.1) is 7.11 Å². The van der Waals surface area contributed by atoms with E-state index in [-0.39, 0.29) is 5.91 Å². The van der Waals surface area contributed by atoms with Crippen molar-refractivity contribution in [2.75, 3.05) is 13.7 Å². The minimum Gasteiger partial charge on any atom is -0.497 e. The third-order valence-electron chi connectivity index (χ3n) is 3.63. The minimum atomic E-state index is -0.577. The third-order valence-corrected chi connectivity index (χ3v) is 3.63. The largest absolute Gasteiger partial charge is 0.497 e. The molecule has 1 saturated heterocycles. The summed E-state index contributed by atoms with van der Waals surface area (Å²) in [6.45, 7) is 0.860. The summed E-state index contributed by atoms with van der Waals surface area (Å²) in [6, 6.07) is 7.79. The highest BCUT2D eigenvalue weighted by Gasteiger charge is 2.37. The Morgan fingerprint density at radius 2 is 2.11 bits per heavy atom. The first-order valence-electron chi connectivity index (χ1n) is 6.34. The standard InChI is InChI=1S/C14H20N2O2/c1-18-12-6-4-11(5-7-12)10-14(13(15)17)8-2-3-9-16-14/h4-7,16H,2-3,8-10H2,1H3,(H2,15,17). The Kier molecular flexibility index (Phi) is 3.87. The molecule has 0 spiro atoms. The maximum absolute atomic E-state index is 11.7. The predicted molar refractivity (Wildman–Crippen MR) is 70.5 cm³/mol. The van der Waals surface area contributed by atoms with E-state index in [1.54, 1.807) is 7.11 Å². The topological polar surface area (TPSA) is 64.3 Å². The van der Waals surface area contributed by atoms with Crippen molar-refractivity contribution in [3.8, 4) is 5.75 Å². The van der Waals surface area contributed by atoms with Crippen LogP contribution in [0.15, 0.2) is 24.3 Å². The first-order valence-corrected chi connectivity index (χ1v) is 6.34. The number of hydrogen-bond donors (Lipinski definition) is 2. The molecule has 0 saturated carbocycles. The van der Waals surface area contributed by atoms with Gasteiger partial charge in [0.2, 0.25) is 5.91 Å². The number of primary amides is 1. The van der Waals surface area contributed by atoms with Crippen molar-refractivity contribution >= 4 is 5.91 Å². The van der Waals surface area contributed by atoms with Gasteiger partial charge in [-0.25, -0.2) is 0 Å². The number of piperidine rings is 1. The summed E-state index contributed by atoms with van der Waals surface area (Å²) in [5.74, 6) is 0.571. The summed E-state index contributed by atoms with van der Waals surface area (Å²) in [5.41, 5.74) is 6.10. The molecule has 18 heavy (non-hydrogen) atoms. The lowest BCUT2D eigenvalue weighted by Crippen LogP contribution is -2.59. The molecule has 1 aliphatic rings. The lowest BCUT2D eigenvalue weighted by atomic mass is 9.82. The van der Waals surface area contributed by atoms with Crippen LogP contribution in [0.25, 0.3) is 0 Å². The molecule has 4 nitrogen and oxygen atoms in total. The first kappa shape index (κ1) is 12.9. The fourth-order valence-corrected chi connectivity index (χ4v) is 2.51. The Labute approximate surface area is 108 Å². The smallest absolute Gasteiger partial charge is 0.238 e. The predicted octanol–water partition coefficient (Wildman–Crippen LogP) is 1.24. The monoisotopic (exact) mass is 248 g/mol. The van der Waals surface area contributed by atoms with Crippen LogP contribution in [0.4, 0.5) is 0 Å². The van der Waals surface area contributed by atoms with Crippen LogP contribution in [0.1, 0.15) is 24.8 Å². The summed E-state index contributed by atoms with van der Waals surface area (Å²) in [6.07, 6.45) is 3.62. The number of ether oxygens (including phenoxy) is 1. The molecular weight excluding hydrogens is 228 g/mol. The van der Waals surface area contributed by atoms with E-state index >= 15 is 0 Å². The molecule has 1 unspecified atom stereocenters. The van der Waals surface area contributed by atoms with E-state index < -0.39 is 5.54 Å². The number of nitrogens with two attached hydrogens (primary N) is 1. The van der Waals surface area contributed by atoms with Crippen LogP contribution in [-0.2, 0) is 11.2 Å². The van der Waals surface area contributed by atoms with Crippen LogP contribution < -0.4 is 15.8 Å². The van der Waals surface area contributed by atoms with Crippen LogP contribution in [-0.4, -0.2) is 25.1 Å². The zero-order valence-corrected chi connectivity index (χ0v) is 10.7. The number of amides is 1. The SMILES string of the molecule is COc1ccc(CC2(C(N)=O)CCCCN2)cc1. The van der Waals surface area contributed by atoms with Crippen LogP contribution in [0.3, 0.4) is 0 Å². The number of hydrogen-bond acceptors (Lipinski definition) is 3. The average molecular weight is 248 g/mol. The molecule has 0 bridgehead atoms. The van der Waals surface area contributed by atoms with Gasteiger partial charge in [-0.15, -0.1) is 0 Å². The van der Waals surface area contributed by atoms with Crippen LogP contribution in [0.2, 0.25) is 0 Å². The van der Waals surface area contributed by atoms with Gasteiger partial charge in [0, 0.05) is 0 Å². The van der Waals surface area contributed by atoms with Crippen molar-refractivity contribution in [3.05, 3.63) is 29.8 Å². The van der Waals surface area contributed by atoms with E-state index in [0.717, 1.165) is 37.1 Å². The van der Waals surface area contributed by atoms with Gasteiger partial charge in [0.1, 0.15) is 11.3 Å². The van der Waals surface area contributed by atoms with E-state index in [0.29, 0.717) is 6.42 Å². The number of carbonyl (C=O) groups excluding carboxylic acids is 1. The molecule has 1 atom stereocenters. The molecule has 3 N–H and O–H groups in total.